The van der Waals surface area contributed by atoms with Crippen LogP contribution in [0, 0.1) is 10.1 Å². The van der Waals surface area contributed by atoms with E-state index in [4.69, 9.17) is 5.11 Å². The minimum absolute atomic E-state index is 0.564. The monoisotopic (exact) mass is 220 g/mol. The Hall–Kier alpha value is -1.99. The van der Waals surface area contributed by atoms with Crippen LogP contribution >= 0.6 is 0 Å². The Kier molecular flexibility index (Phi) is 2.98. The summed E-state index contributed by atoms with van der Waals surface area (Å²) in [5.74, 6) is -2.41. The quantitative estimate of drug-likeness (QED) is 0.618. The molecule has 15 heavy (non-hydrogen) atoms. The van der Waals surface area contributed by atoms with Crippen molar-refractivity contribution < 1.29 is 23.5 Å². The van der Waals surface area contributed by atoms with Crippen LogP contribution in [0.25, 0.3) is 0 Å². The second-order valence-corrected chi connectivity index (χ2v) is 2.49. The Balaban J connectivity index is 3.35. The molecule has 0 fully saturated rings. The van der Waals surface area contributed by atoms with Gasteiger partial charge < -0.3 is 20.0 Å². The van der Waals surface area contributed by atoms with Crippen LogP contribution in [0.3, 0.4) is 0 Å². The van der Waals surface area contributed by atoms with Crippen molar-refractivity contribution in [2.45, 2.75) is 6.43 Å². The van der Waals surface area contributed by atoms with Crippen LogP contribution < -0.4 is 4.74 Å². The molecule has 1 aromatic heterocycles. The van der Waals surface area contributed by atoms with Gasteiger partial charge in [-0.25, -0.2) is 8.78 Å². The molecular formula is C7H6F2N2O4. The minimum Gasteiger partial charge on any atom is -0.501 e. The zero-order valence-electron chi connectivity index (χ0n) is 7.48. The highest BCUT2D eigenvalue weighted by Crippen LogP contribution is 2.34. The first-order valence-corrected chi connectivity index (χ1v) is 3.67. The summed E-state index contributed by atoms with van der Waals surface area (Å²) in [4.78, 5) is 12.5. The SMILES string of the molecule is COc1nc([N+](=O)[O-])c(O)cc1C(F)F. The molecule has 6 nitrogen and oxygen atoms in total. The summed E-state index contributed by atoms with van der Waals surface area (Å²) >= 11 is 0. The number of methoxy groups -OCH3 is 1. The van der Waals surface area contributed by atoms with Crippen molar-refractivity contribution in [3.8, 4) is 11.6 Å². The lowest BCUT2D eigenvalue weighted by molar-refractivity contribution is -0.390. The Morgan fingerprint density at radius 1 is 1.67 bits per heavy atom. The van der Waals surface area contributed by atoms with Crippen LogP contribution in [0.15, 0.2) is 6.07 Å². The highest BCUT2D eigenvalue weighted by molar-refractivity contribution is 5.46. The lowest BCUT2D eigenvalue weighted by Gasteiger charge is -2.03. The van der Waals surface area contributed by atoms with E-state index in [9.17, 15) is 18.9 Å². The van der Waals surface area contributed by atoms with Crippen LogP contribution in [0.5, 0.6) is 11.6 Å². The normalized spacial score (nSPS) is 10.4. The molecule has 1 heterocycles. The van der Waals surface area contributed by atoms with E-state index in [1.165, 1.54) is 0 Å². The molecule has 1 rings (SSSR count). The number of hydrogen-bond donors (Lipinski definition) is 1. The smallest absolute Gasteiger partial charge is 0.409 e. The van der Waals surface area contributed by atoms with Gasteiger partial charge in [0.05, 0.1) is 7.11 Å². The Labute approximate surface area is 82.3 Å². The number of alkyl halides is 2. The largest absolute Gasteiger partial charge is 0.501 e. The third-order valence-corrected chi connectivity index (χ3v) is 1.58. The van der Waals surface area contributed by atoms with Gasteiger partial charge in [-0.3, -0.25) is 0 Å². The van der Waals surface area contributed by atoms with E-state index in [2.05, 4.69) is 9.72 Å². The molecular weight excluding hydrogens is 214 g/mol. The summed E-state index contributed by atoms with van der Waals surface area (Å²) < 4.78 is 29.1. The summed E-state index contributed by atoms with van der Waals surface area (Å²) in [7, 11) is 1.05. The second kappa shape index (κ2) is 4.03. The maximum absolute atomic E-state index is 12.3. The molecule has 0 spiro atoms. The van der Waals surface area contributed by atoms with Crippen LogP contribution in [-0.4, -0.2) is 22.1 Å². The third-order valence-electron chi connectivity index (χ3n) is 1.58. The fraction of sp³-hybridized carbons (Fsp3) is 0.286. The van der Waals surface area contributed by atoms with Crippen molar-refractivity contribution in [1.29, 1.82) is 0 Å². The summed E-state index contributed by atoms with van der Waals surface area (Å²) in [5.41, 5.74) is -0.694. The van der Waals surface area contributed by atoms with Gasteiger partial charge >= 0.3 is 11.7 Å². The molecule has 8 heteroatoms. The molecule has 0 aliphatic carbocycles. The van der Waals surface area contributed by atoms with E-state index in [-0.39, 0.29) is 0 Å². The molecule has 1 aromatic rings. The van der Waals surface area contributed by atoms with E-state index >= 15 is 0 Å². The number of nitro groups is 1. The topological polar surface area (TPSA) is 85.5 Å². The number of hydrogen-bond acceptors (Lipinski definition) is 5. The van der Waals surface area contributed by atoms with Gasteiger partial charge in [-0.1, -0.05) is 0 Å². The molecule has 0 aliphatic heterocycles. The van der Waals surface area contributed by atoms with Crippen molar-refractivity contribution in [3.05, 3.63) is 21.7 Å². The number of aromatic hydroxyl groups is 1. The van der Waals surface area contributed by atoms with E-state index < -0.39 is 34.4 Å². The molecule has 0 amide bonds. The average Bonchev–Trinajstić information content (AvgIpc) is 2.16. The van der Waals surface area contributed by atoms with Crippen molar-refractivity contribution in [1.82, 2.24) is 4.98 Å². The first-order chi connectivity index (χ1) is 6.97. The first-order valence-electron chi connectivity index (χ1n) is 3.67. The zero-order chi connectivity index (χ0) is 11.6. The standard InChI is InChI=1S/C7H6F2N2O4/c1-15-7-3(5(8)9)2-4(12)6(10-7)11(13)14/h2,5,12H,1H3. The van der Waals surface area contributed by atoms with Crippen molar-refractivity contribution in [2.75, 3.05) is 7.11 Å². The Morgan fingerprint density at radius 3 is 2.67 bits per heavy atom. The molecule has 82 valence electrons. The second-order valence-electron chi connectivity index (χ2n) is 2.49. The van der Waals surface area contributed by atoms with Crippen LogP contribution in [-0.2, 0) is 0 Å². The molecule has 0 saturated heterocycles. The van der Waals surface area contributed by atoms with Crippen LogP contribution in [0.4, 0.5) is 14.6 Å². The lowest BCUT2D eigenvalue weighted by Crippen LogP contribution is -2.00. The number of halogens is 2. The highest BCUT2D eigenvalue weighted by atomic mass is 19.3. The maximum Gasteiger partial charge on any atom is 0.409 e. The average molecular weight is 220 g/mol. The molecule has 0 bridgehead atoms. The van der Waals surface area contributed by atoms with E-state index in [0.29, 0.717) is 6.07 Å². The Morgan fingerprint density at radius 2 is 2.27 bits per heavy atom. The van der Waals surface area contributed by atoms with Gasteiger partial charge in [-0.05, 0) is 4.92 Å². The summed E-state index contributed by atoms with van der Waals surface area (Å²) in [6, 6.07) is 0.564. The summed E-state index contributed by atoms with van der Waals surface area (Å²) in [6.45, 7) is 0. The van der Waals surface area contributed by atoms with Crippen molar-refractivity contribution >= 4 is 5.82 Å². The number of nitrogens with zero attached hydrogens (tertiary/aromatic N) is 2. The molecule has 0 atom stereocenters. The van der Waals surface area contributed by atoms with Gasteiger partial charge in [0.25, 0.3) is 6.43 Å². The van der Waals surface area contributed by atoms with Gasteiger partial charge in [-0.2, -0.15) is 0 Å². The number of pyridine rings is 1. The van der Waals surface area contributed by atoms with E-state index in [0.717, 1.165) is 7.11 Å². The summed E-state index contributed by atoms with van der Waals surface area (Å²) in [5, 5.41) is 19.3. The predicted molar refractivity (Wildman–Crippen MR) is 44.1 cm³/mol. The van der Waals surface area contributed by atoms with E-state index in [1.54, 1.807) is 0 Å². The molecule has 1 N–H and O–H groups in total. The fourth-order valence-corrected chi connectivity index (χ4v) is 0.946. The predicted octanol–water partition coefficient (Wildman–Crippen LogP) is 1.64. The van der Waals surface area contributed by atoms with Gasteiger partial charge in [0.1, 0.15) is 5.56 Å². The van der Waals surface area contributed by atoms with Crippen LogP contribution in [0.1, 0.15) is 12.0 Å². The van der Waals surface area contributed by atoms with Gasteiger partial charge in [-0.15, -0.1) is 0 Å². The summed E-state index contributed by atoms with van der Waals surface area (Å²) in [6.07, 6.45) is -2.93. The van der Waals surface area contributed by atoms with Gasteiger partial charge in [0, 0.05) is 11.1 Å². The van der Waals surface area contributed by atoms with E-state index in [1.807, 2.05) is 0 Å². The maximum atomic E-state index is 12.3. The van der Waals surface area contributed by atoms with Crippen molar-refractivity contribution in [2.24, 2.45) is 0 Å². The molecule has 0 unspecified atom stereocenters. The highest BCUT2D eigenvalue weighted by Gasteiger charge is 2.26. The van der Waals surface area contributed by atoms with Crippen LogP contribution in [0.2, 0.25) is 0 Å². The first kappa shape index (κ1) is 11.1. The van der Waals surface area contributed by atoms with Gasteiger partial charge in [0.15, 0.2) is 0 Å². The Bertz CT molecular complexity index is 397. The molecule has 0 aliphatic rings. The van der Waals surface area contributed by atoms with Crippen molar-refractivity contribution in [3.63, 3.8) is 0 Å². The lowest BCUT2D eigenvalue weighted by atomic mass is 10.2. The molecule has 0 radical (unpaired) electrons. The molecule has 0 aromatic carbocycles. The molecule has 0 saturated carbocycles. The van der Waals surface area contributed by atoms with Gasteiger partial charge in [0.2, 0.25) is 5.75 Å². The number of ether oxygens (including phenoxy) is 1. The minimum atomic E-state index is -2.93. The number of aromatic nitrogens is 1. The number of rotatable bonds is 3. The zero-order valence-corrected chi connectivity index (χ0v) is 7.48. The fourth-order valence-electron chi connectivity index (χ4n) is 0.946. The third kappa shape index (κ3) is 2.09.